The number of ether oxygens (including phenoxy) is 1. The number of carbonyl (C=O) groups is 1. The molecule has 1 aliphatic rings. The van der Waals surface area contributed by atoms with Gasteiger partial charge in [-0.25, -0.2) is 6.08 Å². The van der Waals surface area contributed by atoms with Gasteiger partial charge in [-0.2, -0.15) is 6.08 Å². The molecule has 1 aliphatic heterocycles. The Morgan fingerprint density at radius 1 is 1.29 bits per heavy atom. The Kier molecular flexibility index (Phi) is 4.14. The van der Waals surface area contributed by atoms with E-state index in [1.54, 1.807) is 0 Å². The molecule has 0 saturated carbocycles. The van der Waals surface area contributed by atoms with E-state index in [1.807, 2.05) is 30.3 Å². The second-order valence-corrected chi connectivity index (χ2v) is 2.93. The molecule has 14 heavy (non-hydrogen) atoms. The number of esters is 1. The smallest absolute Gasteiger partial charge is 0.558 e. The van der Waals surface area contributed by atoms with Crippen LogP contribution in [-0.2, 0) is 38.3 Å². The van der Waals surface area contributed by atoms with Gasteiger partial charge in [0.25, 0.3) is 0 Å². The van der Waals surface area contributed by atoms with E-state index in [0.717, 1.165) is 5.56 Å². The zero-order chi connectivity index (χ0) is 9.10. The summed E-state index contributed by atoms with van der Waals surface area (Å²) in [6.07, 6.45) is 4.73. The third-order valence-corrected chi connectivity index (χ3v) is 1.91. The number of hydrogen-bond donors (Lipinski definition) is 0. The van der Waals surface area contributed by atoms with Crippen molar-refractivity contribution in [2.24, 2.45) is 0 Å². The van der Waals surface area contributed by atoms with Crippen LogP contribution in [0.1, 0.15) is 5.56 Å². The van der Waals surface area contributed by atoms with Crippen LogP contribution in [0.3, 0.4) is 0 Å². The summed E-state index contributed by atoms with van der Waals surface area (Å²) in [7, 11) is 0. The monoisotopic (exact) mass is 370 g/mol. The van der Waals surface area contributed by atoms with Crippen molar-refractivity contribution in [3.8, 4) is 0 Å². The van der Waals surface area contributed by atoms with E-state index in [4.69, 9.17) is 4.74 Å². The van der Waals surface area contributed by atoms with Crippen LogP contribution >= 0.6 is 0 Å². The maximum Gasteiger partial charge on any atom is 1.00 e. The second-order valence-electron chi connectivity index (χ2n) is 2.93. The van der Waals surface area contributed by atoms with Crippen molar-refractivity contribution >= 4 is 5.97 Å². The van der Waals surface area contributed by atoms with Crippen LogP contribution < -0.4 is 0 Å². The molecule has 0 aromatic heterocycles. The summed E-state index contributed by atoms with van der Waals surface area (Å²) < 4.78 is 4.96. The molecule has 0 bridgehead atoms. The van der Waals surface area contributed by atoms with Crippen molar-refractivity contribution in [1.82, 2.24) is 0 Å². The third-order valence-electron chi connectivity index (χ3n) is 1.91. The van der Waals surface area contributed by atoms with Crippen molar-refractivity contribution in [2.45, 2.75) is 12.5 Å². The van der Waals surface area contributed by atoms with Gasteiger partial charge in [-0.3, -0.25) is 0 Å². The minimum atomic E-state index is -0.291. The first-order chi connectivity index (χ1) is 6.34. The largest absolute Gasteiger partial charge is 1.00 e. The molecule has 0 amide bonds. The third kappa shape index (κ3) is 2.84. The molecule has 0 spiro atoms. The Bertz CT molecular complexity index is 332. The van der Waals surface area contributed by atoms with Crippen LogP contribution in [-0.4, -0.2) is 12.1 Å². The van der Waals surface area contributed by atoms with Gasteiger partial charge >= 0.3 is 22.4 Å². The maximum atomic E-state index is 10.7. The minimum absolute atomic E-state index is 0. The summed E-state index contributed by atoms with van der Waals surface area (Å²) >= 11 is 0. The number of carbonyl (C=O) groups excluding carboxylic acids is 1. The van der Waals surface area contributed by atoms with Crippen molar-refractivity contribution < 1.29 is 31.9 Å². The molecule has 1 aromatic rings. The van der Waals surface area contributed by atoms with Crippen LogP contribution in [0.15, 0.2) is 36.4 Å². The van der Waals surface area contributed by atoms with Gasteiger partial charge in [0.1, 0.15) is 0 Å². The van der Waals surface area contributed by atoms with Gasteiger partial charge in [0.05, 0.1) is 0 Å². The number of hydrogen-bond acceptors (Lipinski definition) is 2. The molecule has 1 atom stereocenters. The molecule has 76 valence electrons. The fourth-order valence-electron chi connectivity index (χ4n) is 1.30. The van der Waals surface area contributed by atoms with Crippen LogP contribution in [0.2, 0.25) is 0 Å². The van der Waals surface area contributed by atoms with Gasteiger partial charge in [0.2, 0.25) is 0 Å². The summed E-state index contributed by atoms with van der Waals surface area (Å²) in [6.45, 7) is 0. The Morgan fingerprint density at radius 2 is 2.00 bits per heavy atom. The molecule has 3 heteroatoms. The minimum Gasteiger partial charge on any atom is -0.558 e. The SMILES string of the molecule is O=C1C=[C-]C(Cc2ccccc2)O1.[Au+]. The van der Waals surface area contributed by atoms with E-state index in [0.29, 0.717) is 6.42 Å². The van der Waals surface area contributed by atoms with E-state index in [1.165, 1.54) is 6.08 Å². The van der Waals surface area contributed by atoms with Crippen molar-refractivity contribution in [3.05, 3.63) is 48.0 Å². The van der Waals surface area contributed by atoms with E-state index in [-0.39, 0.29) is 34.5 Å². The molecule has 2 nitrogen and oxygen atoms in total. The zero-order valence-corrected chi connectivity index (χ0v) is 9.53. The Morgan fingerprint density at radius 3 is 2.57 bits per heavy atom. The van der Waals surface area contributed by atoms with Crippen LogP contribution in [0.25, 0.3) is 0 Å². The molecule has 0 saturated heterocycles. The molecule has 1 heterocycles. The first-order valence-corrected chi connectivity index (χ1v) is 4.18. The quantitative estimate of drug-likeness (QED) is 0.448. The van der Waals surface area contributed by atoms with E-state index in [9.17, 15) is 4.79 Å². The molecule has 0 aliphatic carbocycles. The summed E-state index contributed by atoms with van der Waals surface area (Å²) in [4.78, 5) is 10.7. The standard InChI is InChI=1S/C11H9O2.Au/c12-11-7-6-10(13-11)8-9-4-2-1-3-5-9;/h1-5,7,10H,8H2;/q-1;+1. The Labute approximate surface area is 98.5 Å². The predicted molar refractivity (Wildman–Crippen MR) is 47.8 cm³/mol. The summed E-state index contributed by atoms with van der Waals surface area (Å²) in [5.74, 6) is -0.291. The van der Waals surface area contributed by atoms with Crippen LogP contribution in [0, 0.1) is 6.08 Å². The van der Waals surface area contributed by atoms with E-state index < -0.39 is 0 Å². The fourth-order valence-corrected chi connectivity index (χ4v) is 1.30. The van der Waals surface area contributed by atoms with Gasteiger partial charge in [-0.15, -0.1) is 0 Å². The van der Waals surface area contributed by atoms with Crippen molar-refractivity contribution in [2.75, 3.05) is 0 Å². The molecule has 2 rings (SSSR count). The topological polar surface area (TPSA) is 26.3 Å². The number of benzene rings is 1. The molecule has 0 radical (unpaired) electrons. The zero-order valence-electron chi connectivity index (χ0n) is 7.37. The van der Waals surface area contributed by atoms with Crippen LogP contribution in [0.5, 0.6) is 0 Å². The van der Waals surface area contributed by atoms with Crippen LogP contribution in [0.4, 0.5) is 0 Å². The average Bonchev–Trinajstić information content (AvgIpc) is 2.53. The number of rotatable bonds is 2. The molecule has 1 unspecified atom stereocenters. The Hall–Kier alpha value is -0.830. The normalized spacial score (nSPS) is 18.9. The van der Waals surface area contributed by atoms with Gasteiger partial charge in [-0.05, 0) is 12.0 Å². The molecule has 1 aromatic carbocycles. The van der Waals surface area contributed by atoms with E-state index in [2.05, 4.69) is 6.08 Å². The molecule has 0 fully saturated rings. The summed E-state index contributed by atoms with van der Waals surface area (Å²) in [5.41, 5.74) is 1.16. The summed E-state index contributed by atoms with van der Waals surface area (Å²) in [6, 6.07) is 9.91. The second kappa shape index (κ2) is 5.15. The summed E-state index contributed by atoms with van der Waals surface area (Å²) in [5, 5.41) is 0. The molecular weight excluding hydrogens is 361 g/mol. The molecular formula is C11H9AuO2. The fraction of sp³-hybridized carbons (Fsp3) is 0.182. The van der Waals surface area contributed by atoms with Crippen molar-refractivity contribution in [3.63, 3.8) is 0 Å². The molecule has 0 N–H and O–H groups in total. The predicted octanol–water partition coefficient (Wildman–Crippen LogP) is 1.51. The average molecular weight is 370 g/mol. The first kappa shape index (κ1) is 11.2. The van der Waals surface area contributed by atoms with Crippen molar-refractivity contribution in [1.29, 1.82) is 0 Å². The van der Waals surface area contributed by atoms with Gasteiger partial charge < -0.3 is 9.53 Å². The van der Waals surface area contributed by atoms with Gasteiger partial charge in [0, 0.05) is 6.10 Å². The van der Waals surface area contributed by atoms with E-state index >= 15 is 0 Å². The maximum absolute atomic E-state index is 10.7. The van der Waals surface area contributed by atoms with Gasteiger partial charge in [0.15, 0.2) is 5.97 Å². The Balaban J connectivity index is 0.000000980. The number of cyclic esters (lactones) is 1. The van der Waals surface area contributed by atoms with Gasteiger partial charge in [-0.1, -0.05) is 30.3 Å². The first-order valence-electron chi connectivity index (χ1n) is 4.18.